The van der Waals surface area contributed by atoms with E-state index >= 15 is 0 Å². The molecule has 2 aromatic carbocycles. The number of ether oxygens (including phenoxy) is 3. The van der Waals surface area contributed by atoms with Crippen LogP contribution in [0.1, 0.15) is 42.3 Å². The minimum Gasteiger partial charge on any atom is -0.497 e. The van der Waals surface area contributed by atoms with Crippen LogP contribution in [0.3, 0.4) is 0 Å². The van der Waals surface area contributed by atoms with Gasteiger partial charge in [-0.05, 0) is 93.4 Å². The van der Waals surface area contributed by atoms with Gasteiger partial charge in [0.25, 0.3) is 0 Å². The SMILES string of the molecule is COC(=O)c1cc(C=CC(=O)OC(C)(C)C)cc(C)c1N(C)c1cccnc1S(=O)(=O)c1ccc(OC)cc1. The summed E-state index contributed by atoms with van der Waals surface area (Å²) in [5.41, 5.74) is 1.43. The second-order valence-electron chi connectivity index (χ2n) is 9.66. The number of hydrogen-bond acceptors (Lipinski definition) is 9. The Morgan fingerprint density at radius 2 is 1.69 bits per heavy atom. The highest BCUT2D eigenvalue weighted by molar-refractivity contribution is 7.91. The number of carbonyl (C=O) groups excluding carboxylic acids is 2. The van der Waals surface area contributed by atoms with Gasteiger partial charge >= 0.3 is 11.9 Å². The van der Waals surface area contributed by atoms with E-state index in [0.717, 1.165) is 0 Å². The zero-order valence-corrected chi connectivity index (χ0v) is 23.8. The molecule has 3 rings (SSSR count). The van der Waals surface area contributed by atoms with Crippen LogP contribution in [0.2, 0.25) is 0 Å². The van der Waals surface area contributed by atoms with Gasteiger partial charge in [-0.25, -0.2) is 23.0 Å². The number of aryl methyl sites for hydroxylation is 1. The number of carbonyl (C=O) groups is 2. The Morgan fingerprint density at radius 3 is 2.28 bits per heavy atom. The van der Waals surface area contributed by atoms with E-state index in [-0.39, 0.29) is 21.2 Å². The Morgan fingerprint density at radius 1 is 1.03 bits per heavy atom. The van der Waals surface area contributed by atoms with E-state index < -0.39 is 27.4 Å². The zero-order chi connectivity index (χ0) is 29.0. The van der Waals surface area contributed by atoms with E-state index in [4.69, 9.17) is 14.2 Å². The number of nitrogens with zero attached hydrogens (tertiary/aromatic N) is 2. The first-order chi connectivity index (χ1) is 18.3. The van der Waals surface area contributed by atoms with Gasteiger partial charge in [0.15, 0.2) is 5.03 Å². The molecule has 0 aliphatic carbocycles. The maximum absolute atomic E-state index is 13.6. The molecule has 10 heteroatoms. The highest BCUT2D eigenvalue weighted by Gasteiger charge is 2.28. The van der Waals surface area contributed by atoms with Gasteiger partial charge in [0.05, 0.1) is 36.1 Å². The van der Waals surface area contributed by atoms with Crippen LogP contribution in [-0.4, -0.2) is 52.2 Å². The van der Waals surface area contributed by atoms with Gasteiger partial charge in [-0.1, -0.05) is 0 Å². The second kappa shape index (κ2) is 11.7. The van der Waals surface area contributed by atoms with E-state index in [1.54, 1.807) is 82.1 Å². The fraction of sp³-hybridized carbons (Fsp3) is 0.276. The summed E-state index contributed by atoms with van der Waals surface area (Å²) < 4.78 is 42.6. The number of methoxy groups -OCH3 is 2. The van der Waals surface area contributed by atoms with Crippen molar-refractivity contribution in [3.63, 3.8) is 0 Å². The third-order valence-corrected chi connectivity index (χ3v) is 7.34. The van der Waals surface area contributed by atoms with Gasteiger partial charge in [-0.3, -0.25) is 0 Å². The van der Waals surface area contributed by atoms with Crippen molar-refractivity contribution in [1.82, 2.24) is 4.98 Å². The van der Waals surface area contributed by atoms with Crippen molar-refractivity contribution in [3.8, 4) is 5.75 Å². The zero-order valence-electron chi connectivity index (χ0n) is 23.0. The molecule has 0 aliphatic heterocycles. The lowest BCUT2D eigenvalue weighted by Crippen LogP contribution is -2.22. The molecular formula is C29H32N2O7S. The molecule has 0 amide bonds. The first kappa shape index (κ1) is 29.4. The molecule has 1 aromatic heterocycles. The molecule has 0 aliphatic rings. The van der Waals surface area contributed by atoms with Crippen molar-refractivity contribution >= 4 is 39.2 Å². The quantitative estimate of drug-likeness (QED) is 0.277. The Hall–Kier alpha value is -4.18. The largest absolute Gasteiger partial charge is 0.497 e. The highest BCUT2D eigenvalue weighted by atomic mass is 32.2. The van der Waals surface area contributed by atoms with Crippen LogP contribution in [0, 0.1) is 6.92 Å². The van der Waals surface area contributed by atoms with Crippen molar-refractivity contribution in [1.29, 1.82) is 0 Å². The van der Waals surface area contributed by atoms with Crippen molar-refractivity contribution in [2.75, 3.05) is 26.2 Å². The van der Waals surface area contributed by atoms with E-state index in [1.807, 2.05) is 0 Å². The molecule has 0 bridgehead atoms. The average molecular weight is 553 g/mol. The normalized spacial score (nSPS) is 11.8. The summed E-state index contributed by atoms with van der Waals surface area (Å²) in [6.07, 6.45) is 4.22. The van der Waals surface area contributed by atoms with E-state index in [9.17, 15) is 18.0 Å². The van der Waals surface area contributed by atoms with E-state index in [1.165, 1.54) is 38.6 Å². The van der Waals surface area contributed by atoms with Gasteiger partial charge in [0, 0.05) is 19.3 Å². The summed E-state index contributed by atoms with van der Waals surface area (Å²) in [6.45, 7) is 7.08. The van der Waals surface area contributed by atoms with Crippen LogP contribution in [0.25, 0.3) is 6.08 Å². The molecule has 0 spiro atoms. The van der Waals surface area contributed by atoms with Crippen LogP contribution in [0.4, 0.5) is 11.4 Å². The molecule has 39 heavy (non-hydrogen) atoms. The number of anilines is 2. The molecule has 0 unspecified atom stereocenters. The predicted molar refractivity (Wildman–Crippen MR) is 148 cm³/mol. The fourth-order valence-electron chi connectivity index (χ4n) is 3.95. The standard InChI is InChI=1S/C29H32N2O7S/c1-19-17-20(10-15-25(32)38-29(2,3)4)18-23(28(33)37-7)26(19)31(5)24-9-8-16-30-27(24)39(34,35)22-13-11-21(36-6)12-14-22/h8-18H,1-7H3. The Labute approximate surface area is 229 Å². The van der Waals surface area contributed by atoms with Crippen molar-refractivity contribution < 1.29 is 32.2 Å². The van der Waals surface area contributed by atoms with Gasteiger partial charge in [0.2, 0.25) is 9.84 Å². The predicted octanol–water partition coefficient (Wildman–Crippen LogP) is 5.14. The molecular weight excluding hydrogens is 520 g/mol. The smallest absolute Gasteiger partial charge is 0.340 e. The monoisotopic (exact) mass is 552 g/mol. The summed E-state index contributed by atoms with van der Waals surface area (Å²) in [5.74, 6) is -0.632. The average Bonchev–Trinajstić information content (AvgIpc) is 2.89. The Balaban J connectivity index is 2.10. The number of esters is 2. The summed E-state index contributed by atoms with van der Waals surface area (Å²) in [4.78, 5) is 30.8. The Kier molecular flexibility index (Phi) is 8.81. The molecule has 0 saturated heterocycles. The molecule has 0 N–H and O–H groups in total. The summed E-state index contributed by atoms with van der Waals surface area (Å²) >= 11 is 0. The van der Waals surface area contributed by atoms with Crippen LogP contribution in [0.15, 0.2) is 70.7 Å². The van der Waals surface area contributed by atoms with E-state index in [0.29, 0.717) is 22.6 Å². The topological polar surface area (TPSA) is 112 Å². The number of rotatable bonds is 8. The lowest BCUT2D eigenvalue weighted by Gasteiger charge is -2.26. The van der Waals surface area contributed by atoms with Crippen molar-refractivity contribution in [2.24, 2.45) is 0 Å². The van der Waals surface area contributed by atoms with Crippen molar-refractivity contribution in [2.45, 2.75) is 43.2 Å². The summed E-state index contributed by atoms with van der Waals surface area (Å²) in [7, 11) is 0.374. The highest BCUT2D eigenvalue weighted by Crippen LogP contribution is 2.37. The lowest BCUT2D eigenvalue weighted by atomic mass is 10.0. The number of pyridine rings is 1. The molecule has 0 atom stereocenters. The van der Waals surface area contributed by atoms with Gasteiger partial charge in [0.1, 0.15) is 11.4 Å². The van der Waals surface area contributed by atoms with Gasteiger partial charge in [-0.2, -0.15) is 0 Å². The molecule has 1 heterocycles. The summed E-state index contributed by atoms with van der Waals surface area (Å²) in [6, 6.07) is 12.6. The van der Waals surface area contributed by atoms with Crippen LogP contribution in [0.5, 0.6) is 5.75 Å². The third kappa shape index (κ3) is 6.83. The molecule has 206 valence electrons. The third-order valence-electron chi connectivity index (χ3n) is 5.62. The number of hydrogen-bond donors (Lipinski definition) is 0. The summed E-state index contributed by atoms with van der Waals surface area (Å²) in [5, 5.41) is -0.179. The number of sulfone groups is 1. The van der Waals surface area contributed by atoms with Gasteiger partial charge in [-0.15, -0.1) is 0 Å². The van der Waals surface area contributed by atoms with Crippen LogP contribution >= 0.6 is 0 Å². The second-order valence-corrected chi connectivity index (χ2v) is 11.5. The van der Waals surface area contributed by atoms with Crippen LogP contribution in [-0.2, 0) is 24.1 Å². The molecule has 3 aromatic rings. The van der Waals surface area contributed by atoms with Crippen LogP contribution < -0.4 is 9.64 Å². The molecule has 0 saturated carbocycles. The minimum absolute atomic E-state index is 0.0455. The molecule has 0 radical (unpaired) electrons. The maximum Gasteiger partial charge on any atom is 0.340 e. The fourth-order valence-corrected chi connectivity index (χ4v) is 5.34. The van der Waals surface area contributed by atoms with E-state index in [2.05, 4.69) is 4.98 Å². The number of benzene rings is 2. The first-order valence-corrected chi connectivity index (χ1v) is 13.5. The first-order valence-electron chi connectivity index (χ1n) is 12.0. The van der Waals surface area contributed by atoms with Crippen molar-refractivity contribution in [3.05, 3.63) is 77.5 Å². The van der Waals surface area contributed by atoms with Gasteiger partial charge < -0.3 is 19.1 Å². The number of aromatic nitrogens is 1. The Bertz CT molecular complexity index is 1510. The minimum atomic E-state index is -4.03. The maximum atomic E-state index is 13.6. The lowest BCUT2D eigenvalue weighted by molar-refractivity contribution is -0.148. The molecule has 0 fully saturated rings. The molecule has 9 nitrogen and oxygen atoms in total.